The number of nitrogens with one attached hydrogen (secondary N) is 1. The first-order chi connectivity index (χ1) is 19.1. The Morgan fingerprint density at radius 1 is 0.950 bits per heavy atom. The van der Waals surface area contributed by atoms with E-state index in [2.05, 4.69) is 5.32 Å². The summed E-state index contributed by atoms with van der Waals surface area (Å²) in [6.45, 7) is 7.50. The lowest BCUT2D eigenvalue weighted by molar-refractivity contribution is -0.139. The molecule has 8 nitrogen and oxygen atoms in total. The third-order valence-corrected chi connectivity index (χ3v) is 8.09. The van der Waals surface area contributed by atoms with Crippen molar-refractivity contribution in [2.75, 3.05) is 24.0 Å². The average Bonchev–Trinajstić information content (AvgIpc) is 2.94. The van der Waals surface area contributed by atoms with Gasteiger partial charge in [-0.15, -0.1) is 0 Å². The highest BCUT2D eigenvalue weighted by Gasteiger charge is 2.32. The summed E-state index contributed by atoms with van der Waals surface area (Å²) >= 11 is 0. The van der Waals surface area contributed by atoms with Crippen LogP contribution in [0.3, 0.4) is 0 Å². The second-order valence-electron chi connectivity index (χ2n) is 9.37. The molecule has 0 saturated heterocycles. The van der Waals surface area contributed by atoms with Gasteiger partial charge in [0.1, 0.15) is 24.2 Å². The average molecular weight is 570 g/mol. The third kappa shape index (κ3) is 7.81. The van der Waals surface area contributed by atoms with Crippen LogP contribution in [-0.4, -0.2) is 50.9 Å². The van der Waals surface area contributed by atoms with E-state index in [9.17, 15) is 22.4 Å². The number of carbonyl (C=O) groups is 2. The standard InChI is InChI=1S/C30H36FN3O5S/c1-5-19-32-30(36)23(4)33(20-24-9-11-25(31)12-10-24)29(35)21-34(26-13-15-27(16-14-26)39-6-2)40(37,38)28-17-7-22(3)8-18-28/h7-18,23H,5-6,19-21H2,1-4H3,(H,32,36)/t23-/m1/s1. The molecule has 0 aromatic heterocycles. The maximum atomic E-state index is 13.9. The number of carbonyl (C=O) groups excluding carboxylic acids is 2. The number of sulfonamides is 1. The topological polar surface area (TPSA) is 96.0 Å². The zero-order chi connectivity index (χ0) is 29.3. The van der Waals surface area contributed by atoms with Crippen molar-refractivity contribution in [1.29, 1.82) is 0 Å². The van der Waals surface area contributed by atoms with Crippen LogP contribution in [-0.2, 0) is 26.2 Å². The second kappa shape index (κ2) is 13.9. The molecule has 0 aliphatic rings. The number of hydrogen-bond donors (Lipinski definition) is 1. The maximum Gasteiger partial charge on any atom is 0.264 e. The highest BCUT2D eigenvalue weighted by Crippen LogP contribution is 2.27. The fraction of sp³-hybridized carbons (Fsp3) is 0.333. The molecule has 0 aliphatic heterocycles. The summed E-state index contributed by atoms with van der Waals surface area (Å²) in [5.41, 5.74) is 1.75. The zero-order valence-electron chi connectivity index (χ0n) is 23.3. The SMILES string of the molecule is CCCNC(=O)[C@@H](C)N(Cc1ccc(F)cc1)C(=O)CN(c1ccc(OCC)cc1)S(=O)(=O)c1ccc(C)cc1. The molecular weight excluding hydrogens is 533 g/mol. The van der Waals surface area contributed by atoms with Crippen LogP contribution in [0, 0.1) is 12.7 Å². The number of anilines is 1. The van der Waals surface area contributed by atoms with Gasteiger partial charge in [0.15, 0.2) is 0 Å². The summed E-state index contributed by atoms with van der Waals surface area (Å²) in [4.78, 5) is 28.1. The summed E-state index contributed by atoms with van der Waals surface area (Å²) < 4.78 is 47.8. The summed E-state index contributed by atoms with van der Waals surface area (Å²) in [5, 5.41) is 2.79. The lowest BCUT2D eigenvalue weighted by Gasteiger charge is -2.32. The van der Waals surface area contributed by atoms with E-state index in [4.69, 9.17) is 4.74 Å². The number of aryl methyl sites for hydroxylation is 1. The molecule has 0 heterocycles. The van der Waals surface area contributed by atoms with Crippen LogP contribution in [0.2, 0.25) is 0 Å². The molecule has 214 valence electrons. The minimum Gasteiger partial charge on any atom is -0.494 e. The number of rotatable bonds is 13. The second-order valence-corrected chi connectivity index (χ2v) is 11.2. The summed E-state index contributed by atoms with van der Waals surface area (Å²) in [6, 6.07) is 17.5. The Labute approximate surface area is 235 Å². The van der Waals surface area contributed by atoms with Crippen LogP contribution < -0.4 is 14.4 Å². The molecule has 2 amide bonds. The molecule has 0 aliphatic carbocycles. The van der Waals surface area contributed by atoms with Crippen molar-refractivity contribution in [3.8, 4) is 5.75 Å². The van der Waals surface area contributed by atoms with Crippen molar-refractivity contribution in [2.24, 2.45) is 0 Å². The molecule has 0 spiro atoms. The van der Waals surface area contributed by atoms with Gasteiger partial charge in [-0.1, -0.05) is 36.8 Å². The van der Waals surface area contributed by atoms with Gasteiger partial charge in [0, 0.05) is 13.1 Å². The van der Waals surface area contributed by atoms with Gasteiger partial charge in [-0.3, -0.25) is 13.9 Å². The molecule has 1 N–H and O–H groups in total. The van der Waals surface area contributed by atoms with Crippen molar-refractivity contribution in [3.63, 3.8) is 0 Å². The van der Waals surface area contributed by atoms with Crippen LogP contribution in [0.5, 0.6) is 5.75 Å². The van der Waals surface area contributed by atoms with Gasteiger partial charge in [0.05, 0.1) is 17.2 Å². The quantitative estimate of drug-likeness (QED) is 0.323. The Morgan fingerprint density at radius 2 is 1.57 bits per heavy atom. The first-order valence-electron chi connectivity index (χ1n) is 13.2. The first kappa shape index (κ1) is 30.6. The molecule has 0 unspecified atom stereocenters. The van der Waals surface area contributed by atoms with E-state index in [-0.39, 0.29) is 23.0 Å². The molecule has 0 fully saturated rings. The minimum atomic E-state index is -4.17. The van der Waals surface area contributed by atoms with Gasteiger partial charge in [0.2, 0.25) is 11.8 Å². The Bertz CT molecular complexity index is 1380. The number of benzene rings is 3. The lowest BCUT2D eigenvalue weighted by Crippen LogP contribution is -2.51. The van der Waals surface area contributed by atoms with Gasteiger partial charge >= 0.3 is 0 Å². The number of hydrogen-bond acceptors (Lipinski definition) is 5. The third-order valence-electron chi connectivity index (χ3n) is 6.31. The minimum absolute atomic E-state index is 0.0124. The van der Waals surface area contributed by atoms with E-state index in [1.165, 1.54) is 41.3 Å². The first-order valence-corrected chi connectivity index (χ1v) is 14.6. The zero-order valence-corrected chi connectivity index (χ0v) is 24.1. The van der Waals surface area contributed by atoms with E-state index >= 15 is 0 Å². The van der Waals surface area contributed by atoms with Crippen LogP contribution in [0.4, 0.5) is 10.1 Å². The van der Waals surface area contributed by atoms with Gasteiger partial charge < -0.3 is 15.0 Å². The molecule has 1 atom stereocenters. The van der Waals surface area contributed by atoms with E-state index in [0.29, 0.717) is 30.9 Å². The molecular formula is C30H36FN3O5S. The summed E-state index contributed by atoms with van der Waals surface area (Å²) in [7, 11) is -4.17. The number of amides is 2. The monoisotopic (exact) mass is 569 g/mol. The van der Waals surface area contributed by atoms with E-state index in [0.717, 1.165) is 9.87 Å². The van der Waals surface area contributed by atoms with Crippen molar-refractivity contribution in [3.05, 3.63) is 89.7 Å². The Balaban J connectivity index is 2.01. The number of ether oxygens (including phenoxy) is 1. The molecule has 3 rings (SSSR count). The number of halogens is 1. The van der Waals surface area contributed by atoms with Crippen LogP contribution in [0.1, 0.15) is 38.3 Å². The molecule has 10 heteroatoms. The Morgan fingerprint density at radius 3 is 2.15 bits per heavy atom. The van der Waals surface area contributed by atoms with Gasteiger partial charge in [0.25, 0.3) is 10.0 Å². The van der Waals surface area contributed by atoms with E-state index < -0.39 is 34.3 Å². The largest absolute Gasteiger partial charge is 0.494 e. The molecule has 0 bridgehead atoms. The van der Waals surface area contributed by atoms with Gasteiger partial charge in [-0.05, 0) is 81.3 Å². The Kier molecular flexibility index (Phi) is 10.7. The van der Waals surface area contributed by atoms with Crippen molar-refractivity contribution >= 4 is 27.5 Å². The maximum absolute atomic E-state index is 13.9. The van der Waals surface area contributed by atoms with Crippen LogP contribution in [0.15, 0.2) is 77.7 Å². The highest BCUT2D eigenvalue weighted by atomic mass is 32.2. The van der Waals surface area contributed by atoms with Crippen molar-refractivity contribution in [1.82, 2.24) is 10.2 Å². The molecule has 3 aromatic rings. The predicted molar refractivity (Wildman–Crippen MR) is 153 cm³/mol. The van der Waals surface area contributed by atoms with E-state index in [1.54, 1.807) is 43.3 Å². The van der Waals surface area contributed by atoms with E-state index in [1.807, 2.05) is 20.8 Å². The summed E-state index contributed by atoms with van der Waals surface area (Å²) in [5.74, 6) is -0.829. The van der Waals surface area contributed by atoms with Crippen LogP contribution >= 0.6 is 0 Å². The summed E-state index contributed by atoms with van der Waals surface area (Å²) in [6.07, 6.45) is 0.713. The predicted octanol–water partition coefficient (Wildman–Crippen LogP) is 4.67. The fourth-order valence-electron chi connectivity index (χ4n) is 4.01. The highest BCUT2D eigenvalue weighted by molar-refractivity contribution is 7.92. The normalized spacial score (nSPS) is 11.9. The van der Waals surface area contributed by atoms with Crippen LogP contribution in [0.25, 0.3) is 0 Å². The lowest BCUT2D eigenvalue weighted by atomic mass is 10.1. The molecule has 40 heavy (non-hydrogen) atoms. The molecule has 3 aromatic carbocycles. The smallest absolute Gasteiger partial charge is 0.264 e. The fourth-order valence-corrected chi connectivity index (χ4v) is 5.42. The van der Waals surface area contributed by atoms with Gasteiger partial charge in [-0.2, -0.15) is 0 Å². The van der Waals surface area contributed by atoms with Gasteiger partial charge in [-0.25, -0.2) is 12.8 Å². The molecule has 0 radical (unpaired) electrons. The molecule has 0 saturated carbocycles. The van der Waals surface area contributed by atoms with Crippen molar-refractivity contribution in [2.45, 2.75) is 51.6 Å². The van der Waals surface area contributed by atoms with Crippen molar-refractivity contribution < 1.29 is 27.1 Å². The number of nitrogens with zero attached hydrogens (tertiary/aromatic N) is 2. The Hall–Kier alpha value is -3.92.